The highest BCUT2D eigenvalue weighted by atomic mass is 31.1. The molecule has 2 aromatic rings. The van der Waals surface area contributed by atoms with Crippen molar-refractivity contribution in [3.05, 3.63) is 59.7 Å². The van der Waals surface area contributed by atoms with Crippen LogP contribution in [0.1, 0.15) is 230 Å². The molecule has 0 aromatic heterocycles. The first-order chi connectivity index (χ1) is 24.3. The van der Waals surface area contributed by atoms with Crippen LogP contribution in [0.15, 0.2) is 48.5 Å². The van der Waals surface area contributed by atoms with E-state index in [1.807, 2.05) is 0 Å². The third kappa shape index (κ3) is 27.2. The van der Waals surface area contributed by atoms with E-state index in [-0.39, 0.29) is 0 Å². The van der Waals surface area contributed by atoms with Crippen LogP contribution >= 0.6 is 8.58 Å². The van der Waals surface area contributed by atoms with Crippen LogP contribution in [0.25, 0.3) is 0 Å². The van der Waals surface area contributed by atoms with Crippen molar-refractivity contribution in [2.45, 2.75) is 232 Å². The van der Waals surface area contributed by atoms with Crippen molar-refractivity contribution in [3.63, 3.8) is 0 Å². The SMILES string of the molecule is CCCCCCCCCCCCCCCCCCc1ccc(Pc2ccc(CCCCCCCCCCCCCCCCCC)cc2)cc1. The number of hydrogen-bond acceptors (Lipinski definition) is 0. The van der Waals surface area contributed by atoms with Gasteiger partial charge in [-0.05, 0) is 47.4 Å². The summed E-state index contributed by atoms with van der Waals surface area (Å²) in [5, 5.41) is 2.95. The van der Waals surface area contributed by atoms with Crippen LogP contribution < -0.4 is 10.6 Å². The summed E-state index contributed by atoms with van der Waals surface area (Å²) in [6.45, 7) is 4.61. The maximum Gasteiger partial charge on any atom is -0.0226 e. The van der Waals surface area contributed by atoms with Gasteiger partial charge in [0.15, 0.2) is 0 Å². The van der Waals surface area contributed by atoms with Crippen LogP contribution in [-0.4, -0.2) is 0 Å². The minimum atomic E-state index is 0.771. The minimum Gasteiger partial charge on any atom is -0.0654 e. The first-order valence-electron chi connectivity index (χ1n) is 22.3. The molecule has 1 heteroatoms. The van der Waals surface area contributed by atoms with Gasteiger partial charge in [0.1, 0.15) is 0 Å². The van der Waals surface area contributed by atoms with Crippen molar-refractivity contribution in [1.29, 1.82) is 0 Å². The van der Waals surface area contributed by atoms with Gasteiger partial charge >= 0.3 is 0 Å². The van der Waals surface area contributed by atoms with Crippen molar-refractivity contribution < 1.29 is 0 Å². The summed E-state index contributed by atoms with van der Waals surface area (Å²) in [6.07, 6.45) is 48.6. The Bertz CT molecular complexity index is 851. The molecule has 0 nitrogen and oxygen atoms in total. The van der Waals surface area contributed by atoms with Crippen LogP contribution in [0.4, 0.5) is 0 Å². The molecule has 0 atom stereocenters. The normalized spacial score (nSPS) is 11.5. The second-order valence-corrected chi connectivity index (χ2v) is 17.0. The molecular formula is C48H83P. The Morgan fingerprint density at radius 3 is 0.694 bits per heavy atom. The third-order valence-corrected chi connectivity index (χ3v) is 12.1. The molecule has 0 heterocycles. The number of hydrogen-bond donors (Lipinski definition) is 0. The van der Waals surface area contributed by atoms with Crippen molar-refractivity contribution in [3.8, 4) is 0 Å². The largest absolute Gasteiger partial charge is 0.0654 e. The maximum absolute atomic E-state index is 2.39. The van der Waals surface area contributed by atoms with E-state index in [1.165, 1.54) is 240 Å². The second-order valence-electron chi connectivity index (χ2n) is 15.6. The van der Waals surface area contributed by atoms with E-state index in [1.54, 1.807) is 0 Å². The van der Waals surface area contributed by atoms with E-state index in [9.17, 15) is 0 Å². The lowest BCUT2D eigenvalue weighted by atomic mass is 10.0. The molecule has 0 unspecified atom stereocenters. The van der Waals surface area contributed by atoms with Gasteiger partial charge in [-0.15, -0.1) is 0 Å². The Morgan fingerprint density at radius 2 is 0.469 bits per heavy atom. The lowest BCUT2D eigenvalue weighted by Crippen LogP contribution is -2.04. The Kier molecular flexibility index (Phi) is 30.5. The quantitative estimate of drug-likeness (QED) is 0.0493. The van der Waals surface area contributed by atoms with Crippen LogP contribution in [0, 0.1) is 0 Å². The van der Waals surface area contributed by atoms with Crippen molar-refractivity contribution in [2.24, 2.45) is 0 Å². The summed E-state index contributed by atoms with van der Waals surface area (Å²) >= 11 is 0. The molecule has 0 fully saturated rings. The van der Waals surface area contributed by atoms with Gasteiger partial charge in [-0.1, -0.05) is 264 Å². The van der Waals surface area contributed by atoms with Gasteiger partial charge in [0, 0.05) is 0 Å². The summed E-state index contributed by atoms with van der Waals surface area (Å²) in [6, 6.07) is 19.1. The molecule has 49 heavy (non-hydrogen) atoms. The highest BCUT2D eigenvalue weighted by molar-refractivity contribution is 7.55. The molecule has 0 aliphatic heterocycles. The van der Waals surface area contributed by atoms with Gasteiger partial charge in [-0.3, -0.25) is 0 Å². The van der Waals surface area contributed by atoms with E-state index in [0.717, 1.165) is 8.58 Å². The molecule has 0 radical (unpaired) electrons. The topological polar surface area (TPSA) is 0 Å². The molecule has 0 bridgehead atoms. The highest BCUT2D eigenvalue weighted by Gasteiger charge is 2.01. The predicted octanol–water partition coefficient (Wildman–Crippen LogP) is 15.9. The highest BCUT2D eigenvalue weighted by Crippen LogP contribution is 2.18. The Hall–Kier alpha value is -1.13. The minimum absolute atomic E-state index is 0.771. The van der Waals surface area contributed by atoms with Crippen LogP contribution in [0.3, 0.4) is 0 Å². The second kappa shape index (κ2) is 34.0. The number of rotatable bonds is 36. The van der Waals surface area contributed by atoms with E-state index in [0.29, 0.717) is 0 Å². The predicted molar refractivity (Wildman–Crippen MR) is 227 cm³/mol. The van der Waals surface area contributed by atoms with Crippen LogP contribution in [-0.2, 0) is 12.8 Å². The summed E-state index contributed by atoms with van der Waals surface area (Å²) in [5.74, 6) is 0. The maximum atomic E-state index is 2.39. The molecular weight excluding hydrogens is 608 g/mol. The zero-order chi connectivity index (χ0) is 34.7. The Labute approximate surface area is 310 Å². The first kappa shape index (κ1) is 44.0. The molecule has 0 aliphatic carbocycles. The van der Waals surface area contributed by atoms with E-state index in [2.05, 4.69) is 62.4 Å². The van der Waals surface area contributed by atoms with Gasteiger partial charge in [0.05, 0.1) is 0 Å². The van der Waals surface area contributed by atoms with Crippen LogP contribution in [0.2, 0.25) is 0 Å². The smallest absolute Gasteiger partial charge is 0.0226 e. The zero-order valence-corrected chi connectivity index (χ0v) is 34.2. The van der Waals surface area contributed by atoms with E-state index < -0.39 is 0 Å². The summed E-state index contributed by atoms with van der Waals surface area (Å²) in [4.78, 5) is 0. The summed E-state index contributed by atoms with van der Waals surface area (Å²) in [5.41, 5.74) is 3.04. The first-order valence-corrected chi connectivity index (χ1v) is 23.3. The Morgan fingerprint density at radius 1 is 0.265 bits per heavy atom. The standard InChI is InChI=1S/C48H83P/c1-3-5-7-9-11-13-15-17-19-21-23-25-27-29-31-33-35-45-37-41-47(42-38-45)49-48-43-39-46(40-44-48)36-34-32-30-28-26-24-22-20-18-16-14-12-10-8-6-4-2/h37-44,49H,3-36H2,1-2H3. The van der Waals surface area contributed by atoms with E-state index in [4.69, 9.17) is 0 Å². The monoisotopic (exact) mass is 691 g/mol. The lowest BCUT2D eigenvalue weighted by molar-refractivity contribution is 0.529. The average Bonchev–Trinajstić information content (AvgIpc) is 3.12. The average molecular weight is 691 g/mol. The molecule has 280 valence electrons. The molecule has 0 N–H and O–H groups in total. The Balaban J connectivity index is 1.38. The number of benzene rings is 2. The summed E-state index contributed by atoms with van der Waals surface area (Å²) < 4.78 is 0. The van der Waals surface area contributed by atoms with Gasteiger partial charge in [0.2, 0.25) is 0 Å². The molecule has 0 spiro atoms. The molecule has 2 aromatic carbocycles. The van der Waals surface area contributed by atoms with E-state index >= 15 is 0 Å². The molecule has 0 saturated carbocycles. The lowest BCUT2D eigenvalue weighted by Gasteiger charge is -2.07. The van der Waals surface area contributed by atoms with Crippen molar-refractivity contribution >= 4 is 19.2 Å². The molecule has 0 aliphatic rings. The van der Waals surface area contributed by atoms with Crippen molar-refractivity contribution in [1.82, 2.24) is 0 Å². The van der Waals surface area contributed by atoms with Gasteiger partial charge in [-0.2, -0.15) is 0 Å². The molecule has 0 amide bonds. The third-order valence-electron chi connectivity index (χ3n) is 10.8. The van der Waals surface area contributed by atoms with Gasteiger partial charge in [-0.25, -0.2) is 0 Å². The van der Waals surface area contributed by atoms with Gasteiger partial charge < -0.3 is 0 Å². The zero-order valence-electron chi connectivity index (χ0n) is 33.2. The van der Waals surface area contributed by atoms with Crippen molar-refractivity contribution in [2.75, 3.05) is 0 Å². The van der Waals surface area contributed by atoms with Gasteiger partial charge in [0.25, 0.3) is 0 Å². The fourth-order valence-corrected chi connectivity index (χ4v) is 8.43. The fraction of sp³-hybridized carbons (Fsp3) is 0.750. The number of aryl methyl sites for hydroxylation is 2. The van der Waals surface area contributed by atoms with Crippen LogP contribution in [0.5, 0.6) is 0 Å². The number of unbranched alkanes of at least 4 members (excludes halogenated alkanes) is 30. The molecule has 2 rings (SSSR count). The summed E-state index contributed by atoms with van der Waals surface area (Å²) in [7, 11) is 0.771. The fourth-order valence-electron chi connectivity index (χ4n) is 7.43. The molecule has 0 saturated heterocycles.